The number of cyclic esters (lactones) is 1. The normalized spacial score (nSPS) is 38.6. The largest absolute Gasteiger partial charge is 0.461 e. The van der Waals surface area contributed by atoms with E-state index in [1.54, 1.807) is 68.5 Å². The topological polar surface area (TPSA) is 322 Å². The molecule has 13 N–H and O–H groups in total. The molecule has 0 spiro atoms. The standard InChI is InChI=1S/C59H88N2O16/c1-36-19-16-14-12-10-8-6-7-9-11-13-15-17-22-48(75-58-56(72)54(61)55(71)40(5)74-58)32-52-39(4)51(69)35-59(73,77-52)34-47(66)30-46(65)29-45(64)28-43(62)20-18-21-44(63)31-53(70)76-57(36)38(3)27-37(2)49(67)33-50(68)41-23-25-42(60)26-24-41/h6-17,19,22-26,36-40,44-49,51-52,54-58,63-67,69,71-73H,18,20-21,27-35,60-61H2,1-5H3/b7-6-,10-8-,11-9-,14-12-,15-13-,19-16-,22-17-/t36?,37?,38?,39?,40-,44?,45?,46?,47?,48?,49?,51?,52?,54+,55-,56+,57?,58+,59?/m1/s1. The molecule has 0 saturated carbocycles. The lowest BCUT2D eigenvalue weighted by Gasteiger charge is -2.45. The van der Waals surface area contributed by atoms with E-state index in [9.17, 15) is 60.3 Å². The summed E-state index contributed by atoms with van der Waals surface area (Å²) in [6.07, 6.45) is 10.1. The predicted octanol–water partition coefficient (Wildman–Crippen LogP) is 4.50. The van der Waals surface area contributed by atoms with Crippen LogP contribution in [-0.4, -0.2) is 155 Å². The Morgan fingerprint density at radius 2 is 1.34 bits per heavy atom. The van der Waals surface area contributed by atoms with Gasteiger partial charge in [0.25, 0.3) is 0 Å². The van der Waals surface area contributed by atoms with Crippen molar-refractivity contribution >= 4 is 23.2 Å². The second kappa shape index (κ2) is 32.5. The van der Waals surface area contributed by atoms with Crippen LogP contribution >= 0.6 is 0 Å². The molecule has 1 aromatic carbocycles. The third-order valence-corrected chi connectivity index (χ3v) is 14.6. The molecule has 19 atom stereocenters. The van der Waals surface area contributed by atoms with Gasteiger partial charge in [0.2, 0.25) is 0 Å². The first-order valence-corrected chi connectivity index (χ1v) is 27.1. The summed E-state index contributed by atoms with van der Waals surface area (Å²) in [4.78, 5) is 39.2. The maximum absolute atomic E-state index is 13.4. The van der Waals surface area contributed by atoms with Gasteiger partial charge in [0.15, 0.2) is 17.9 Å². The molecule has 3 aliphatic heterocycles. The lowest BCUT2D eigenvalue weighted by Crippen LogP contribution is -2.61. The zero-order valence-corrected chi connectivity index (χ0v) is 45.3. The van der Waals surface area contributed by atoms with Crippen molar-refractivity contribution in [1.82, 2.24) is 0 Å². The molecular formula is C59H88N2O16. The number of ether oxygens (including phenoxy) is 4. The summed E-state index contributed by atoms with van der Waals surface area (Å²) in [6, 6.07) is 5.44. The minimum Gasteiger partial charge on any atom is -0.461 e. The molecule has 14 unspecified atom stereocenters. The number of esters is 1. The second-order valence-electron chi connectivity index (χ2n) is 21.6. The zero-order valence-electron chi connectivity index (χ0n) is 45.3. The molecule has 0 amide bonds. The van der Waals surface area contributed by atoms with Gasteiger partial charge in [-0.25, -0.2) is 0 Å². The fourth-order valence-electron chi connectivity index (χ4n) is 9.98. The summed E-state index contributed by atoms with van der Waals surface area (Å²) in [7, 11) is 0. The number of benzene rings is 1. The van der Waals surface area contributed by atoms with Gasteiger partial charge in [0.1, 0.15) is 18.0 Å². The highest BCUT2D eigenvalue weighted by molar-refractivity contribution is 5.96. The molecule has 18 heteroatoms. The van der Waals surface area contributed by atoms with Gasteiger partial charge in [-0.15, -0.1) is 0 Å². The molecule has 2 fully saturated rings. The quantitative estimate of drug-likeness (QED) is 0.0921. The number of carbonyl (C=O) groups is 3. The van der Waals surface area contributed by atoms with Crippen molar-refractivity contribution in [2.24, 2.45) is 29.4 Å². The minimum absolute atomic E-state index is 0.0187. The zero-order chi connectivity index (χ0) is 56.8. The summed E-state index contributed by atoms with van der Waals surface area (Å²) < 4.78 is 24.2. The Hall–Kier alpha value is -4.51. The van der Waals surface area contributed by atoms with Crippen LogP contribution in [0.1, 0.15) is 122 Å². The van der Waals surface area contributed by atoms with Crippen molar-refractivity contribution in [3.63, 3.8) is 0 Å². The van der Waals surface area contributed by atoms with E-state index in [4.69, 9.17) is 30.4 Å². The monoisotopic (exact) mass is 1080 g/mol. The van der Waals surface area contributed by atoms with E-state index in [1.165, 1.54) is 0 Å². The van der Waals surface area contributed by atoms with Gasteiger partial charge in [0.05, 0.1) is 73.5 Å². The molecule has 2 bridgehead atoms. The number of allylic oxidation sites excluding steroid dienone is 12. The number of ketones is 2. The first-order valence-electron chi connectivity index (χ1n) is 27.1. The third kappa shape index (κ3) is 22.6. The van der Waals surface area contributed by atoms with Gasteiger partial charge >= 0.3 is 5.97 Å². The van der Waals surface area contributed by atoms with Crippen LogP contribution in [0.5, 0.6) is 0 Å². The molecule has 0 radical (unpaired) electrons. The number of nitrogen functional groups attached to an aromatic ring is 1. The Morgan fingerprint density at radius 3 is 1.96 bits per heavy atom. The Bertz CT molecular complexity index is 2180. The van der Waals surface area contributed by atoms with Crippen molar-refractivity contribution in [2.45, 2.75) is 203 Å². The lowest BCUT2D eigenvalue weighted by molar-refractivity contribution is -0.308. The highest BCUT2D eigenvalue weighted by Crippen LogP contribution is 2.38. The van der Waals surface area contributed by atoms with Crippen molar-refractivity contribution in [3.8, 4) is 0 Å². The van der Waals surface area contributed by atoms with Crippen molar-refractivity contribution < 1.29 is 79.3 Å². The summed E-state index contributed by atoms with van der Waals surface area (Å²) in [5.74, 6) is -4.70. The summed E-state index contributed by atoms with van der Waals surface area (Å²) in [5.41, 5.74) is 12.8. The van der Waals surface area contributed by atoms with Gasteiger partial charge in [-0.05, 0) is 75.1 Å². The predicted molar refractivity (Wildman–Crippen MR) is 291 cm³/mol. The molecule has 77 heavy (non-hydrogen) atoms. The Morgan fingerprint density at radius 1 is 0.753 bits per heavy atom. The highest BCUT2D eigenvalue weighted by atomic mass is 16.7. The number of rotatable bonds is 9. The number of hydrogen-bond acceptors (Lipinski definition) is 18. The molecule has 2 saturated heterocycles. The van der Waals surface area contributed by atoms with E-state index in [1.807, 2.05) is 75.5 Å². The van der Waals surface area contributed by atoms with Crippen LogP contribution in [0.25, 0.3) is 0 Å². The van der Waals surface area contributed by atoms with E-state index in [0.29, 0.717) is 17.7 Å². The molecule has 18 nitrogen and oxygen atoms in total. The molecule has 3 aliphatic rings. The number of hydrogen-bond donors (Lipinski definition) is 11. The highest BCUT2D eigenvalue weighted by Gasteiger charge is 2.47. The number of aliphatic hydroxyl groups excluding tert-OH is 8. The first kappa shape index (κ1) is 65.0. The summed E-state index contributed by atoms with van der Waals surface area (Å²) >= 11 is 0. The van der Waals surface area contributed by atoms with Crippen LogP contribution in [0.2, 0.25) is 0 Å². The summed E-state index contributed by atoms with van der Waals surface area (Å²) in [5, 5.41) is 98.6. The van der Waals surface area contributed by atoms with E-state index in [2.05, 4.69) is 0 Å². The smallest absolute Gasteiger partial charge is 0.308 e. The maximum atomic E-state index is 13.4. The van der Waals surface area contributed by atoms with Crippen LogP contribution in [-0.2, 0) is 28.5 Å². The summed E-state index contributed by atoms with van der Waals surface area (Å²) in [6.45, 7) is 8.99. The number of fused-ring (bicyclic) bond motifs is 2. The van der Waals surface area contributed by atoms with Crippen LogP contribution in [0, 0.1) is 23.7 Å². The van der Waals surface area contributed by atoms with E-state index < -0.39 is 110 Å². The molecule has 0 aromatic heterocycles. The number of Topliss-reactive ketones (excluding diaryl/α,β-unsaturated/α-hetero) is 2. The van der Waals surface area contributed by atoms with E-state index >= 15 is 0 Å². The molecule has 430 valence electrons. The van der Waals surface area contributed by atoms with Crippen molar-refractivity contribution in [1.29, 1.82) is 0 Å². The van der Waals surface area contributed by atoms with Crippen LogP contribution < -0.4 is 11.5 Å². The Balaban J connectivity index is 1.51. The van der Waals surface area contributed by atoms with E-state index in [-0.39, 0.29) is 93.5 Å². The lowest BCUT2D eigenvalue weighted by atomic mass is 9.83. The SMILES string of the molecule is CC1\C=C/C=C\C=C/C=C\C=C/C=C\C=C/C(O[C@@H]2O[C@H](C)[C@@H](O)[C@H](N)[C@@H]2O)CC2OC(O)(CC(O)CC(O)CC(O)CC(=O)CCCC(O)CC(=O)OC1C(C)CC(C)C(O)CC(=O)c1ccc(N)cc1)CC(O)C2C. The number of aliphatic hydroxyl groups is 9. The van der Waals surface area contributed by atoms with Gasteiger partial charge in [0, 0.05) is 61.6 Å². The average molecular weight is 1080 g/mol. The van der Waals surface area contributed by atoms with Gasteiger partial charge < -0.3 is 76.4 Å². The molecular weight excluding hydrogens is 993 g/mol. The van der Waals surface area contributed by atoms with E-state index in [0.717, 1.165) is 0 Å². The maximum Gasteiger partial charge on any atom is 0.308 e. The van der Waals surface area contributed by atoms with Crippen LogP contribution in [0.4, 0.5) is 5.69 Å². The third-order valence-electron chi connectivity index (χ3n) is 14.6. The fraction of sp³-hybridized carbons (Fsp3) is 0.610. The van der Waals surface area contributed by atoms with Gasteiger partial charge in [-0.2, -0.15) is 0 Å². The molecule has 0 aliphatic carbocycles. The second-order valence-corrected chi connectivity index (χ2v) is 21.6. The van der Waals surface area contributed by atoms with Gasteiger partial charge in [-0.3, -0.25) is 14.4 Å². The van der Waals surface area contributed by atoms with Crippen molar-refractivity contribution in [2.75, 3.05) is 5.73 Å². The van der Waals surface area contributed by atoms with Crippen molar-refractivity contribution in [3.05, 3.63) is 115 Å². The number of anilines is 1. The first-order chi connectivity index (χ1) is 36.4. The van der Waals surface area contributed by atoms with Crippen LogP contribution in [0.15, 0.2) is 109 Å². The Labute approximate surface area is 454 Å². The van der Waals surface area contributed by atoms with Gasteiger partial charge in [-0.1, -0.05) is 113 Å². The Kier molecular flexibility index (Phi) is 27.5. The van der Waals surface area contributed by atoms with Crippen LogP contribution in [0.3, 0.4) is 0 Å². The molecule has 4 rings (SSSR count). The fourth-order valence-corrected chi connectivity index (χ4v) is 9.98. The number of carbonyl (C=O) groups excluding carboxylic acids is 3. The molecule has 3 heterocycles. The average Bonchev–Trinajstić information content (AvgIpc) is 3.35. The molecule has 1 aromatic rings. The number of nitrogens with two attached hydrogens (primary N) is 2. The minimum atomic E-state index is -2.04.